The van der Waals surface area contributed by atoms with E-state index in [1.165, 1.54) is 83.5 Å². The smallest absolute Gasteiger partial charge is 0.249 e. The van der Waals surface area contributed by atoms with Crippen LogP contribution in [0.15, 0.2) is 24.3 Å². The average molecular weight is 510 g/mol. The number of unbranched alkanes of at least 4 members (excludes halogenated alkanes) is 16. The van der Waals surface area contributed by atoms with Crippen LogP contribution in [0.2, 0.25) is 0 Å². The van der Waals surface area contributed by atoms with E-state index in [9.17, 15) is 20.1 Å². The zero-order valence-electron chi connectivity index (χ0n) is 23.6. The van der Waals surface area contributed by atoms with Gasteiger partial charge in [-0.05, 0) is 32.1 Å². The summed E-state index contributed by atoms with van der Waals surface area (Å²) in [4.78, 5) is 12.3. The van der Waals surface area contributed by atoms with Crippen LogP contribution in [0.25, 0.3) is 0 Å². The molecule has 0 radical (unpaired) electrons. The molecule has 3 unspecified atom stereocenters. The first-order valence-corrected chi connectivity index (χ1v) is 15.2. The van der Waals surface area contributed by atoms with Gasteiger partial charge < -0.3 is 20.6 Å². The Morgan fingerprint density at radius 1 is 0.667 bits per heavy atom. The van der Waals surface area contributed by atoms with Gasteiger partial charge >= 0.3 is 0 Å². The van der Waals surface area contributed by atoms with Gasteiger partial charge in [-0.15, -0.1) is 0 Å². The highest BCUT2D eigenvalue weighted by Gasteiger charge is 2.22. The number of hydrogen-bond acceptors (Lipinski definition) is 4. The Labute approximate surface area is 222 Å². The van der Waals surface area contributed by atoms with E-state index in [0.717, 1.165) is 38.5 Å². The van der Waals surface area contributed by atoms with Gasteiger partial charge in [0.1, 0.15) is 6.10 Å². The first kappa shape index (κ1) is 34.8. The third kappa shape index (κ3) is 22.1. The summed E-state index contributed by atoms with van der Waals surface area (Å²) in [5.41, 5.74) is 0. The van der Waals surface area contributed by atoms with E-state index in [-0.39, 0.29) is 6.61 Å². The molecule has 212 valence electrons. The molecule has 0 aliphatic heterocycles. The van der Waals surface area contributed by atoms with Crippen molar-refractivity contribution in [3.8, 4) is 0 Å². The molecule has 1 amide bonds. The van der Waals surface area contributed by atoms with E-state index in [0.29, 0.717) is 6.42 Å². The van der Waals surface area contributed by atoms with Gasteiger partial charge in [0, 0.05) is 0 Å². The first-order valence-electron chi connectivity index (χ1n) is 15.2. The lowest BCUT2D eigenvalue weighted by Crippen LogP contribution is -2.48. The van der Waals surface area contributed by atoms with Crippen molar-refractivity contribution >= 4 is 5.91 Å². The highest BCUT2D eigenvalue weighted by atomic mass is 16.3. The van der Waals surface area contributed by atoms with Crippen LogP contribution in [0.4, 0.5) is 0 Å². The van der Waals surface area contributed by atoms with Crippen molar-refractivity contribution in [2.45, 2.75) is 161 Å². The molecule has 5 nitrogen and oxygen atoms in total. The van der Waals surface area contributed by atoms with Crippen molar-refractivity contribution in [3.63, 3.8) is 0 Å². The van der Waals surface area contributed by atoms with Gasteiger partial charge in [0.15, 0.2) is 0 Å². The minimum absolute atomic E-state index is 0.375. The van der Waals surface area contributed by atoms with Crippen LogP contribution in [-0.4, -0.2) is 46.1 Å². The lowest BCUT2D eigenvalue weighted by Gasteiger charge is -2.21. The minimum atomic E-state index is -1.10. The monoisotopic (exact) mass is 509 g/mol. The lowest BCUT2D eigenvalue weighted by atomic mass is 10.0. The molecule has 0 saturated heterocycles. The Balaban J connectivity index is 3.87. The quantitative estimate of drug-likeness (QED) is 0.0737. The van der Waals surface area contributed by atoms with Crippen molar-refractivity contribution < 1.29 is 20.1 Å². The van der Waals surface area contributed by atoms with Crippen molar-refractivity contribution in [2.75, 3.05) is 6.61 Å². The normalized spacial score (nSPS) is 14.5. The van der Waals surface area contributed by atoms with Crippen LogP contribution in [0.5, 0.6) is 0 Å². The number of nitrogens with one attached hydrogen (secondary N) is 1. The van der Waals surface area contributed by atoms with Gasteiger partial charge in [0.05, 0.1) is 18.8 Å². The molecule has 3 atom stereocenters. The molecule has 4 N–H and O–H groups in total. The molecule has 0 bridgehead atoms. The average Bonchev–Trinajstić information content (AvgIpc) is 2.88. The second kappa shape index (κ2) is 26.9. The molecule has 0 rings (SSSR count). The van der Waals surface area contributed by atoms with Gasteiger partial charge in [0.2, 0.25) is 5.91 Å². The summed E-state index contributed by atoms with van der Waals surface area (Å²) >= 11 is 0. The first-order chi connectivity index (χ1) is 17.6. The molecular formula is C31H59NO4. The van der Waals surface area contributed by atoms with Crippen LogP contribution in [-0.2, 0) is 4.79 Å². The SMILES string of the molecule is CCCCCC/C=C/CC/C=C/C(O)C(CO)NC(=O)C(O)CCCCCCCCCCCCCC. The maximum atomic E-state index is 12.3. The number of carbonyl (C=O) groups excluding carboxylic acids is 1. The topological polar surface area (TPSA) is 89.8 Å². The second-order valence-electron chi connectivity index (χ2n) is 10.3. The van der Waals surface area contributed by atoms with Gasteiger partial charge in [-0.3, -0.25) is 4.79 Å². The zero-order valence-corrected chi connectivity index (χ0v) is 23.6. The fraction of sp³-hybridized carbons (Fsp3) is 0.839. The molecule has 0 aliphatic carbocycles. The fourth-order valence-electron chi connectivity index (χ4n) is 4.31. The summed E-state index contributed by atoms with van der Waals surface area (Å²) in [5, 5.41) is 32.6. The molecule has 0 saturated carbocycles. The van der Waals surface area contributed by atoms with Gasteiger partial charge in [-0.1, -0.05) is 134 Å². The standard InChI is InChI=1S/C31H59NO4/c1-3-5-7-9-11-13-15-16-18-20-22-24-26-30(35)31(36)32-28(27-33)29(34)25-23-21-19-17-14-12-10-8-6-4-2/h14,17,23,25,28-30,33-35H,3-13,15-16,18-22,24,26-27H2,1-2H3,(H,32,36)/b17-14+,25-23+. The van der Waals surface area contributed by atoms with Gasteiger partial charge in [-0.25, -0.2) is 0 Å². The minimum Gasteiger partial charge on any atom is -0.394 e. The van der Waals surface area contributed by atoms with E-state index >= 15 is 0 Å². The molecule has 0 aromatic rings. The second-order valence-corrected chi connectivity index (χ2v) is 10.3. The van der Waals surface area contributed by atoms with E-state index in [1.54, 1.807) is 6.08 Å². The summed E-state index contributed by atoms with van der Waals surface area (Å²) in [5.74, 6) is -0.518. The predicted octanol–water partition coefficient (Wildman–Crippen LogP) is 7.14. The van der Waals surface area contributed by atoms with Crippen LogP contribution in [0, 0.1) is 0 Å². The maximum absolute atomic E-state index is 12.3. The summed E-state index contributed by atoms with van der Waals surface area (Å²) in [6, 6.07) is -0.806. The fourth-order valence-corrected chi connectivity index (χ4v) is 4.31. The number of rotatable bonds is 26. The Bertz CT molecular complexity index is 535. The summed E-state index contributed by atoms with van der Waals surface area (Å²) < 4.78 is 0. The van der Waals surface area contributed by atoms with Crippen molar-refractivity contribution in [3.05, 3.63) is 24.3 Å². The van der Waals surface area contributed by atoms with E-state index in [4.69, 9.17) is 0 Å². The molecule has 0 aliphatic rings. The van der Waals surface area contributed by atoms with Crippen molar-refractivity contribution in [1.29, 1.82) is 0 Å². The number of aliphatic hydroxyl groups excluding tert-OH is 3. The number of allylic oxidation sites excluding steroid dienone is 3. The maximum Gasteiger partial charge on any atom is 0.249 e. The summed E-state index contributed by atoms with van der Waals surface area (Å²) in [6.45, 7) is 4.09. The van der Waals surface area contributed by atoms with Crippen LogP contribution >= 0.6 is 0 Å². The summed E-state index contributed by atoms with van der Waals surface area (Å²) in [7, 11) is 0. The molecule has 0 spiro atoms. The Morgan fingerprint density at radius 2 is 1.14 bits per heavy atom. The molecule has 36 heavy (non-hydrogen) atoms. The number of aliphatic hydroxyl groups is 3. The van der Waals surface area contributed by atoms with Crippen LogP contribution in [0.3, 0.4) is 0 Å². The molecule has 0 aromatic carbocycles. The largest absolute Gasteiger partial charge is 0.394 e. The molecule has 5 heteroatoms. The van der Waals surface area contributed by atoms with Crippen LogP contribution < -0.4 is 5.32 Å². The highest BCUT2D eigenvalue weighted by Crippen LogP contribution is 2.13. The predicted molar refractivity (Wildman–Crippen MR) is 153 cm³/mol. The molecule has 0 heterocycles. The number of carbonyl (C=O) groups is 1. The Kier molecular flexibility index (Phi) is 26.0. The Morgan fingerprint density at radius 3 is 1.69 bits per heavy atom. The zero-order chi connectivity index (χ0) is 26.7. The lowest BCUT2D eigenvalue weighted by molar-refractivity contribution is -0.131. The van der Waals surface area contributed by atoms with Gasteiger partial charge in [0.25, 0.3) is 0 Å². The van der Waals surface area contributed by atoms with E-state index in [1.807, 2.05) is 6.08 Å². The van der Waals surface area contributed by atoms with Crippen molar-refractivity contribution in [1.82, 2.24) is 5.32 Å². The number of hydrogen-bond donors (Lipinski definition) is 4. The highest BCUT2D eigenvalue weighted by molar-refractivity contribution is 5.80. The van der Waals surface area contributed by atoms with Crippen LogP contribution in [0.1, 0.15) is 142 Å². The molecular weight excluding hydrogens is 450 g/mol. The van der Waals surface area contributed by atoms with E-state index in [2.05, 4.69) is 31.3 Å². The van der Waals surface area contributed by atoms with Crippen molar-refractivity contribution in [2.24, 2.45) is 0 Å². The Hall–Kier alpha value is -1.17. The number of amides is 1. The summed E-state index contributed by atoms with van der Waals surface area (Å²) in [6.07, 6.45) is 29.0. The molecule has 0 aromatic heterocycles. The third-order valence-corrected chi connectivity index (χ3v) is 6.79. The molecule has 0 fully saturated rings. The third-order valence-electron chi connectivity index (χ3n) is 6.79. The van der Waals surface area contributed by atoms with E-state index < -0.39 is 24.2 Å². The van der Waals surface area contributed by atoms with Gasteiger partial charge in [-0.2, -0.15) is 0 Å².